The smallest absolute Gasteiger partial charge is 0.178 e. The Bertz CT molecular complexity index is 495. The second-order valence-electron chi connectivity index (χ2n) is 3.96. The zero-order chi connectivity index (χ0) is 11.8. The van der Waals surface area contributed by atoms with E-state index in [2.05, 4.69) is 21.2 Å². The molecule has 3 nitrogen and oxygen atoms in total. The fourth-order valence-corrected chi connectivity index (χ4v) is 2.97. The van der Waals surface area contributed by atoms with Gasteiger partial charge in [-0.25, -0.2) is 8.42 Å². The van der Waals surface area contributed by atoms with Gasteiger partial charge in [0.2, 0.25) is 0 Å². The highest BCUT2D eigenvalue weighted by Gasteiger charge is 2.22. The minimum Gasteiger partial charge on any atom is -0.381 e. The van der Waals surface area contributed by atoms with Crippen molar-refractivity contribution >= 4 is 31.5 Å². The van der Waals surface area contributed by atoms with Gasteiger partial charge in [0.25, 0.3) is 0 Å². The molecule has 0 aromatic heterocycles. The van der Waals surface area contributed by atoms with Gasteiger partial charge < -0.3 is 5.32 Å². The third kappa shape index (κ3) is 2.58. The van der Waals surface area contributed by atoms with Crippen LogP contribution in [0.2, 0.25) is 0 Å². The van der Waals surface area contributed by atoms with Crippen LogP contribution in [0.25, 0.3) is 0 Å². The normalized spacial score (nSPS) is 16.1. The summed E-state index contributed by atoms with van der Waals surface area (Å²) < 4.78 is 24.1. The van der Waals surface area contributed by atoms with Gasteiger partial charge in [-0.2, -0.15) is 0 Å². The summed E-state index contributed by atoms with van der Waals surface area (Å²) in [7, 11) is -3.11. The Balaban J connectivity index is 2.28. The minimum atomic E-state index is -3.11. The molecular formula is C11H14BrNO2S. The Kier molecular flexibility index (Phi) is 3.26. The highest BCUT2D eigenvalue weighted by Crippen LogP contribution is 2.31. The SMILES string of the molecule is CCS(=O)(=O)c1ccc(NC2CC2)c(Br)c1. The lowest BCUT2D eigenvalue weighted by molar-refractivity contribution is 0.597. The summed E-state index contributed by atoms with van der Waals surface area (Å²) in [4.78, 5) is 0.378. The third-order valence-corrected chi connectivity index (χ3v) is 5.01. The van der Waals surface area contributed by atoms with Crippen molar-refractivity contribution in [3.63, 3.8) is 0 Å². The molecule has 0 heterocycles. The van der Waals surface area contributed by atoms with E-state index in [1.807, 2.05) is 6.07 Å². The van der Waals surface area contributed by atoms with Crippen LogP contribution in [0.15, 0.2) is 27.6 Å². The average Bonchev–Trinajstić information content (AvgIpc) is 3.05. The number of benzene rings is 1. The summed E-state index contributed by atoms with van der Waals surface area (Å²) in [5, 5.41) is 3.34. The predicted molar refractivity (Wildman–Crippen MR) is 68.5 cm³/mol. The van der Waals surface area contributed by atoms with E-state index in [1.54, 1.807) is 19.1 Å². The van der Waals surface area contributed by atoms with E-state index in [1.165, 1.54) is 12.8 Å². The first-order valence-corrected chi connectivity index (χ1v) is 7.76. The van der Waals surface area contributed by atoms with E-state index in [9.17, 15) is 8.42 Å². The van der Waals surface area contributed by atoms with Crippen molar-refractivity contribution in [1.29, 1.82) is 0 Å². The van der Waals surface area contributed by atoms with E-state index in [0.29, 0.717) is 10.9 Å². The van der Waals surface area contributed by atoms with Crippen LogP contribution in [0.5, 0.6) is 0 Å². The fraction of sp³-hybridized carbons (Fsp3) is 0.455. The molecular weight excluding hydrogens is 290 g/mol. The number of sulfone groups is 1. The lowest BCUT2D eigenvalue weighted by Crippen LogP contribution is -2.05. The van der Waals surface area contributed by atoms with Crippen molar-refractivity contribution in [1.82, 2.24) is 0 Å². The molecule has 5 heteroatoms. The van der Waals surface area contributed by atoms with Crippen LogP contribution in [0.1, 0.15) is 19.8 Å². The summed E-state index contributed by atoms with van der Waals surface area (Å²) >= 11 is 3.40. The molecule has 1 aromatic rings. The van der Waals surface area contributed by atoms with Crippen LogP contribution in [0.3, 0.4) is 0 Å². The molecule has 0 saturated heterocycles. The zero-order valence-corrected chi connectivity index (χ0v) is 11.4. The van der Waals surface area contributed by atoms with Crippen LogP contribution < -0.4 is 5.32 Å². The Morgan fingerprint density at radius 2 is 2.12 bits per heavy atom. The second kappa shape index (κ2) is 4.37. The van der Waals surface area contributed by atoms with Crippen molar-refractivity contribution in [2.45, 2.75) is 30.7 Å². The van der Waals surface area contributed by atoms with Gasteiger partial charge in [0.15, 0.2) is 9.84 Å². The van der Waals surface area contributed by atoms with Gasteiger partial charge in [0.1, 0.15) is 0 Å². The van der Waals surface area contributed by atoms with Crippen LogP contribution in [-0.2, 0) is 9.84 Å². The number of hydrogen-bond acceptors (Lipinski definition) is 3. The van der Waals surface area contributed by atoms with Gasteiger partial charge in [-0.3, -0.25) is 0 Å². The van der Waals surface area contributed by atoms with Crippen molar-refractivity contribution in [3.8, 4) is 0 Å². The van der Waals surface area contributed by atoms with Gasteiger partial charge in [0.05, 0.1) is 10.6 Å². The van der Waals surface area contributed by atoms with E-state index in [0.717, 1.165) is 10.2 Å². The molecule has 0 spiro atoms. The third-order valence-electron chi connectivity index (χ3n) is 2.62. The number of halogens is 1. The van der Waals surface area contributed by atoms with Crippen molar-refractivity contribution in [2.75, 3.05) is 11.1 Å². The van der Waals surface area contributed by atoms with E-state index in [-0.39, 0.29) is 5.75 Å². The monoisotopic (exact) mass is 303 g/mol. The number of rotatable bonds is 4. The Labute approximate surface area is 104 Å². The maximum atomic E-state index is 11.7. The molecule has 1 aliphatic carbocycles. The molecule has 88 valence electrons. The fourth-order valence-electron chi connectivity index (χ4n) is 1.42. The lowest BCUT2D eigenvalue weighted by atomic mass is 10.3. The predicted octanol–water partition coefficient (Wildman–Crippen LogP) is 2.82. The standard InChI is InChI=1S/C11H14BrNO2S/c1-2-16(14,15)9-5-6-11(10(12)7-9)13-8-3-4-8/h5-8,13H,2-4H2,1H3. The van der Waals surface area contributed by atoms with Crippen molar-refractivity contribution in [3.05, 3.63) is 22.7 Å². The number of anilines is 1. The molecule has 0 amide bonds. The molecule has 0 aliphatic heterocycles. The van der Waals surface area contributed by atoms with E-state index >= 15 is 0 Å². The molecule has 0 atom stereocenters. The summed E-state index contributed by atoms with van der Waals surface area (Å²) in [6.07, 6.45) is 2.39. The topological polar surface area (TPSA) is 46.2 Å². The van der Waals surface area contributed by atoms with Gasteiger partial charge in [-0.1, -0.05) is 6.92 Å². The molecule has 0 unspecified atom stereocenters. The number of hydrogen-bond donors (Lipinski definition) is 1. The van der Waals surface area contributed by atoms with Gasteiger partial charge in [-0.05, 0) is 47.0 Å². The summed E-state index contributed by atoms with van der Waals surface area (Å²) in [6.45, 7) is 1.65. The molecule has 1 aromatic carbocycles. The second-order valence-corrected chi connectivity index (χ2v) is 7.10. The average molecular weight is 304 g/mol. The summed E-state index contributed by atoms with van der Waals surface area (Å²) in [5.74, 6) is 0.134. The van der Waals surface area contributed by atoms with E-state index < -0.39 is 9.84 Å². The molecule has 1 saturated carbocycles. The largest absolute Gasteiger partial charge is 0.381 e. The minimum absolute atomic E-state index is 0.134. The number of nitrogens with one attached hydrogen (secondary N) is 1. The molecule has 2 rings (SSSR count). The van der Waals surface area contributed by atoms with Gasteiger partial charge >= 0.3 is 0 Å². The van der Waals surface area contributed by atoms with Crippen LogP contribution in [0.4, 0.5) is 5.69 Å². The Morgan fingerprint density at radius 3 is 2.62 bits per heavy atom. The molecule has 1 fully saturated rings. The summed E-state index contributed by atoms with van der Waals surface area (Å²) in [5.41, 5.74) is 0.970. The molecule has 0 radical (unpaired) electrons. The summed E-state index contributed by atoms with van der Waals surface area (Å²) in [6, 6.07) is 5.72. The zero-order valence-electron chi connectivity index (χ0n) is 9.03. The van der Waals surface area contributed by atoms with Crippen LogP contribution >= 0.6 is 15.9 Å². The molecule has 0 bridgehead atoms. The molecule has 1 aliphatic rings. The highest BCUT2D eigenvalue weighted by molar-refractivity contribution is 9.10. The first kappa shape index (κ1) is 11.9. The van der Waals surface area contributed by atoms with Gasteiger partial charge in [0, 0.05) is 16.2 Å². The van der Waals surface area contributed by atoms with E-state index in [4.69, 9.17) is 0 Å². The maximum absolute atomic E-state index is 11.7. The lowest BCUT2D eigenvalue weighted by Gasteiger charge is -2.09. The molecule has 16 heavy (non-hydrogen) atoms. The van der Waals surface area contributed by atoms with Crippen LogP contribution in [0, 0.1) is 0 Å². The first-order valence-electron chi connectivity index (χ1n) is 5.32. The first-order chi connectivity index (χ1) is 7.53. The maximum Gasteiger partial charge on any atom is 0.178 e. The van der Waals surface area contributed by atoms with Gasteiger partial charge in [-0.15, -0.1) is 0 Å². The van der Waals surface area contributed by atoms with Crippen molar-refractivity contribution < 1.29 is 8.42 Å². The molecule has 1 N–H and O–H groups in total. The quantitative estimate of drug-likeness (QED) is 0.930. The highest BCUT2D eigenvalue weighted by atomic mass is 79.9. The van der Waals surface area contributed by atoms with Crippen molar-refractivity contribution in [2.24, 2.45) is 0 Å². The Hall–Kier alpha value is -0.550. The Morgan fingerprint density at radius 1 is 1.44 bits per heavy atom. The van der Waals surface area contributed by atoms with Crippen LogP contribution in [-0.4, -0.2) is 20.2 Å².